The lowest BCUT2D eigenvalue weighted by molar-refractivity contribution is -0.545. The van der Waals surface area contributed by atoms with E-state index in [4.69, 9.17) is 9.05 Å². The van der Waals surface area contributed by atoms with E-state index < -0.39 is 36.1 Å². The summed E-state index contributed by atoms with van der Waals surface area (Å²) in [5, 5.41) is 20.1. The molecule has 1 aromatic rings. The highest BCUT2D eigenvalue weighted by atomic mass is 31.2. The number of hydrogen-bond acceptors (Lipinski definition) is 6. The third kappa shape index (κ3) is 4.61. The van der Waals surface area contributed by atoms with E-state index in [0.29, 0.717) is 0 Å². The Bertz CT molecular complexity index is 559. The van der Waals surface area contributed by atoms with Gasteiger partial charge in [0, 0.05) is 10.5 Å². The van der Waals surface area contributed by atoms with E-state index in [-0.39, 0.29) is 5.56 Å². The van der Waals surface area contributed by atoms with Gasteiger partial charge in [-0.3, -0.25) is 14.7 Å². The van der Waals surface area contributed by atoms with Crippen molar-refractivity contribution in [3.05, 3.63) is 46.0 Å². The van der Waals surface area contributed by atoms with Crippen LogP contribution in [0.15, 0.2) is 30.3 Å². The van der Waals surface area contributed by atoms with Gasteiger partial charge < -0.3 is 14.2 Å². The van der Waals surface area contributed by atoms with Crippen molar-refractivity contribution < 1.29 is 23.6 Å². The second-order valence-corrected chi connectivity index (χ2v) is 8.32. The number of aliphatic hydroxyl groups is 1. The largest absolute Gasteiger partial charge is 0.372 e. The van der Waals surface area contributed by atoms with Gasteiger partial charge in [0.05, 0.1) is 12.2 Å². The molecule has 0 heterocycles. The van der Waals surface area contributed by atoms with Gasteiger partial charge in [-0.05, 0) is 34.6 Å². The van der Waals surface area contributed by atoms with Crippen LogP contribution in [0.25, 0.3) is 0 Å². The minimum absolute atomic E-state index is 0.224. The summed E-state index contributed by atoms with van der Waals surface area (Å²) in [5.74, 6) is 0. The predicted molar refractivity (Wildman–Crippen MR) is 86.8 cm³/mol. The highest BCUT2D eigenvalue weighted by Crippen LogP contribution is 2.64. The molecule has 1 rings (SSSR count). The number of rotatable bonds is 8. The maximum atomic E-state index is 13.2. The fourth-order valence-corrected chi connectivity index (χ4v) is 4.35. The van der Waals surface area contributed by atoms with E-state index in [1.54, 1.807) is 45.9 Å². The number of hydrogen-bond donors (Lipinski definition) is 1. The molecule has 0 amide bonds. The lowest BCUT2D eigenvalue weighted by Gasteiger charge is -2.35. The van der Waals surface area contributed by atoms with Crippen LogP contribution in [-0.4, -0.2) is 27.6 Å². The zero-order valence-corrected chi connectivity index (χ0v) is 14.9. The summed E-state index contributed by atoms with van der Waals surface area (Å²) in [6.45, 7) is 7.61. The Balaban J connectivity index is 3.40. The molecule has 0 radical (unpaired) electrons. The molecule has 8 heteroatoms. The monoisotopic (exact) mass is 345 g/mol. The second kappa shape index (κ2) is 7.53. The van der Waals surface area contributed by atoms with Crippen molar-refractivity contribution in [2.24, 2.45) is 0 Å². The molecule has 0 bridgehead atoms. The van der Waals surface area contributed by atoms with Crippen LogP contribution < -0.4 is 0 Å². The van der Waals surface area contributed by atoms with Crippen LogP contribution in [0.2, 0.25) is 0 Å². The van der Waals surface area contributed by atoms with Gasteiger partial charge in [0.1, 0.15) is 0 Å². The number of benzene rings is 1. The molecule has 0 aromatic heterocycles. The van der Waals surface area contributed by atoms with Crippen LogP contribution >= 0.6 is 7.60 Å². The fraction of sp³-hybridized carbons (Fsp3) is 0.600. The molecule has 1 aromatic carbocycles. The van der Waals surface area contributed by atoms with Crippen molar-refractivity contribution >= 4 is 7.60 Å². The van der Waals surface area contributed by atoms with E-state index >= 15 is 0 Å². The molecule has 0 saturated heterocycles. The average Bonchev–Trinajstić information content (AvgIpc) is 2.36. The highest BCUT2D eigenvalue weighted by molar-refractivity contribution is 7.55. The third-order valence-electron chi connectivity index (χ3n) is 3.10. The minimum atomic E-state index is -4.20. The third-order valence-corrected chi connectivity index (χ3v) is 5.85. The molecule has 1 N–H and O–H groups in total. The first kappa shape index (κ1) is 19.8. The summed E-state index contributed by atoms with van der Waals surface area (Å²) in [6.07, 6.45) is -1.07. The number of nitrogens with zero attached hydrogens (tertiary/aromatic N) is 1. The first-order valence-corrected chi connectivity index (χ1v) is 8.93. The molecule has 0 fully saturated rings. The topological polar surface area (TPSA) is 98.9 Å². The summed E-state index contributed by atoms with van der Waals surface area (Å²) in [7, 11) is -4.20. The zero-order valence-electron chi connectivity index (χ0n) is 14.0. The van der Waals surface area contributed by atoms with Crippen LogP contribution in [0.1, 0.15) is 46.2 Å². The van der Waals surface area contributed by atoms with Gasteiger partial charge in [-0.2, -0.15) is 0 Å². The maximum absolute atomic E-state index is 13.2. The molecule has 0 aliphatic carbocycles. The normalized spacial score (nSPS) is 16.3. The Morgan fingerprint density at radius 1 is 1.13 bits per heavy atom. The molecule has 0 aliphatic rings. The summed E-state index contributed by atoms with van der Waals surface area (Å²) < 4.78 is 23.9. The fourth-order valence-electron chi connectivity index (χ4n) is 2.22. The second-order valence-electron chi connectivity index (χ2n) is 6.00. The Morgan fingerprint density at radius 2 is 1.57 bits per heavy atom. The Hall–Kier alpha value is -1.27. The molecule has 7 nitrogen and oxygen atoms in total. The van der Waals surface area contributed by atoms with Crippen molar-refractivity contribution in [3.8, 4) is 0 Å². The van der Waals surface area contributed by atoms with E-state index in [1.807, 2.05) is 0 Å². The minimum Gasteiger partial charge on any atom is -0.372 e. The number of nitro groups is 1. The maximum Gasteiger partial charge on any atom is 0.369 e. The summed E-state index contributed by atoms with van der Waals surface area (Å²) >= 11 is 0. The van der Waals surface area contributed by atoms with Crippen LogP contribution in [-0.2, 0) is 13.6 Å². The van der Waals surface area contributed by atoms with Gasteiger partial charge in [0.15, 0.2) is 0 Å². The Kier molecular flexibility index (Phi) is 6.48. The first-order valence-electron chi connectivity index (χ1n) is 7.39. The predicted octanol–water partition coefficient (Wildman–Crippen LogP) is 3.76. The Labute approximate surface area is 136 Å². The van der Waals surface area contributed by atoms with Crippen molar-refractivity contribution in [2.75, 3.05) is 0 Å². The SMILES string of the molecule is CC(C)OP(=O)(OC(C)C)C(C)(O)C(c1ccccc1)[N+](=O)[O-]. The van der Waals surface area contributed by atoms with Gasteiger partial charge in [0.25, 0.3) is 6.04 Å². The highest BCUT2D eigenvalue weighted by Gasteiger charge is 2.59. The van der Waals surface area contributed by atoms with Gasteiger partial charge in [-0.25, -0.2) is 0 Å². The van der Waals surface area contributed by atoms with Crippen LogP contribution in [0.4, 0.5) is 0 Å². The average molecular weight is 345 g/mol. The molecule has 2 unspecified atom stereocenters. The Morgan fingerprint density at radius 3 is 1.91 bits per heavy atom. The molecule has 130 valence electrons. The van der Waals surface area contributed by atoms with Crippen LogP contribution in [0.3, 0.4) is 0 Å². The van der Waals surface area contributed by atoms with Gasteiger partial charge >= 0.3 is 7.60 Å². The zero-order chi connectivity index (χ0) is 17.8. The van der Waals surface area contributed by atoms with Gasteiger partial charge in [-0.15, -0.1) is 0 Å². The molecule has 0 saturated carbocycles. The van der Waals surface area contributed by atoms with E-state index in [2.05, 4.69) is 0 Å². The van der Waals surface area contributed by atoms with Gasteiger partial charge in [0.2, 0.25) is 5.34 Å². The lowest BCUT2D eigenvalue weighted by Crippen LogP contribution is -2.39. The molecule has 2 atom stereocenters. The van der Waals surface area contributed by atoms with Crippen LogP contribution in [0.5, 0.6) is 0 Å². The first-order chi connectivity index (χ1) is 10.5. The van der Waals surface area contributed by atoms with E-state index in [0.717, 1.165) is 6.92 Å². The summed E-state index contributed by atoms with van der Waals surface area (Å²) in [5.41, 5.74) is 0.224. The van der Waals surface area contributed by atoms with E-state index in [1.165, 1.54) is 12.1 Å². The van der Waals surface area contributed by atoms with Gasteiger partial charge in [-0.1, -0.05) is 30.3 Å². The lowest BCUT2D eigenvalue weighted by atomic mass is 10.0. The summed E-state index contributed by atoms with van der Waals surface area (Å²) in [4.78, 5) is 10.9. The molecule has 0 aliphatic heterocycles. The molecule has 0 spiro atoms. The standard InChI is InChI=1S/C15H24NO6P/c1-11(2)21-23(20,22-12(3)4)15(5,17)14(16(18)19)13-9-7-6-8-10-13/h6-12,14,17H,1-5H3. The van der Waals surface area contributed by atoms with Crippen molar-refractivity contribution in [1.29, 1.82) is 0 Å². The molecular weight excluding hydrogens is 321 g/mol. The summed E-state index contributed by atoms with van der Waals surface area (Å²) in [6, 6.07) is 6.27. The van der Waals surface area contributed by atoms with Crippen molar-refractivity contribution in [3.63, 3.8) is 0 Å². The van der Waals surface area contributed by atoms with Crippen molar-refractivity contribution in [1.82, 2.24) is 0 Å². The van der Waals surface area contributed by atoms with E-state index in [9.17, 15) is 19.8 Å². The molecule has 23 heavy (non-hydrogen) atoms. The smallest absolute Gasteiger partial charge is 0.369 e. The molecular formula is C15H24NO6P. The quantitative estimate of drug-likeness (QED) is 0.437. The van der Waals surface area contributed by atoms with Crippen molar-refractivity contribution in [2.45, 2.75) is 58.2 Å². The van der Waals surface area contributed by atoms with Crippen LogP contribution in [0, 0.1) is 10.1 Å².